The Kier molecular flexibility index (Phi) is 5.07. The topological polar surface area (TPSA) is 76.1 Å². The fourth-order valence-electron chi connectivity index (χ4n) is 2.31. The molecule has 0 aliphatic heterocycles. The number of hydrogen-bond acceptors (Lipinski definition) is 5. The zero-order valence-corrected chi connectivity index (χ0v) is 14.3. The third kappa shape index (κ3) is 3.94. The predicted octanol–water partition coefficient (Wildman–Crippen LogP) is 3.93. The Morgan fingerprint density at radius 3 is 2.50 bits per heavy atom. The molecule has 2 N–H and O–H groups in total. The van der Waals surface area contributed by atoms with E-state index in [1.807, 2.05) is 25.1 Å². The van der Waals surface area contributed by atoms with Gasteiger partial charge in [0.1, 0.15) is 11.6 Å². The molecule has 0 saturated heterocycles. The van der Waals surface area contributed by atoms with E-state index in [9.17, 15) is 9.18 Å². The summed E-state index contributed by atoms with van der Waals surface area (Å²) >= 11 is 0. The summed E-state index contributed by atoms with van der Waals surface area (Å²) in [7, 11) is 1.58. The number of rotatable bonds is 5. The summed E-state index contributed by atoms with van der Waals surface area (Å²) in [5.41, 5.74) is 2.09. The second kappa shape index (κ2) is 7.60. The van der Waals surface area contributed by atoms with Crippen molar-refractivity contribution in [1.29, 1.82) is 0 Å². The molecule has 132 valence electrons. The first kappa shape index (κ1) is 17.3. The second-order valence-electron chi connectivity index (χ2n) is 5.56. The number of carbonyl (C=O) groups excluding carboxylic acids is 1. The lowest BCUT2D eigenvalue weighted by Gasteiger charge is -2.11. The average Bonchev–Trinajstić information content (AvgIpc) is 2.64. The van der Waals surface area contributed by atoms with Crippen molar-refractivity contribution >= 4 is 23.2 Å². The van der Waals surface area contributed by atoms with E-state index in [-0.39, 0.29) is 11.3 Å². The first-order valence-electron chi connectivity index (χ1n) is 7.86. The van der Waals surface area contributed by atoms with Crippen LogP contribution < -0.4 is 15.4 Å². The van der Waals surface area contributed by atoms with Crippen molar-refractivity contribution < 1.29 is 13.9 Å². The number of benzene rings is 2. The van der Waals surface area contributed by atoms with E-state index in [4.69, 9.17) is 4.74 Å². The van der Waals surface area contributed by atoms with Crippen molar-refractivity contribution in [3.8, 4) is 5.75 Å². The van der Waals surface area contributed by atoms with Gasteiger partial charge in [0.05, 0.1) is 24.0 Å². The van der Waals surface area contributed by atoms with Crippen molar-refractivity contribution in [2.75, 3.05) is 17.7 Å². The van der Waals surface area contributed by atoms with Gasteiger partial charge >= 0.3 is 0 Å². The minimum absolute atomic E-state index is 0.101. The molecule has 0 radical (unpaired) electrons. The molecule has 0 atom stereocenters. The molecule has 1 aromatic heterocycles. The van der Waals surface area contributed by atoms with Gasteiger partial charge in [-0.3, -0.25) is 4.79 Å². The molecule has 0 spiro atoms. The predicted molar refractivity (Wildman–Crippen MR) is 97.4 cm³/mol. The number of anilines is 3. The van der Waals surface area contributed by atoms with E-state index in [0.717, 1.165) is 11.3 Å². The molecule has 0 bridgehead atoms. The zero-order chi connectivity index (χ0) is 18.5. The van der Waals surface area contributed by atoms with Crippen LogP contribution in [0.2, 0.25) is 0 Å². The molecule has 1 heterocycles. The van der Waals surface area contributed by atoms with Crippen LogP contribution in [-0.2, 0) is 0 Å². The highest BCUT2D eigenvalue weighted by Gasteiger charge is 2.11. The van der Waals surface area contributed by atoms with Crippen molar-refractivity contribution in [3.05, 3.63) is 71.8 Å². The third-order valence-corrected chi connectivity index (χ3v) is 3.64. The van der Waals surface area contributed by atoms with Crippen molar-refractivity contribution in [2.45, 2.75) is 6.92 Å². The Balaban J connectivity index is 1.73. The quantitative estimate of drug-likeness (QED) is 0.728. The summed E-state index contributed by atoms with van der Waals surface area (Å²) in [6, 6.07) is 11.6. The maximum atomic E-state index is 13.6. The molecule has 1 amide bonds. The normalized spacial score (nSPS) is 10.3. The Morgan fingerprint density at radius 2 is 1.81 bits per heavy atom. The number of amides is 1. The van der Waals surface area contributed by atoms with E-state index in [1.54, 1.807) is 19.2 Å². The van der Waals surface area contributed by atoms with Gasteiger partial charge in [-0.05, 0) is 36.8 Å². The largest absolute Gasteiger partial charge is 0.495 e. The minimum atomic E-state index is -0.508. The summed E-state index contributed by atoms with van der Waals surface area (Å²) in [5, 5.41) is 5.54. The summed E-state index contributed by atoms with van der Waals surface area (Å²) < 4.78 is 18.9. The average molecular weight is 352 g/mol. The van der Waals surface area contributed by atoms with E-state index in [1.165, 1.54) is 24.5 Å². The van der Waals surface area contributed by atoms with E-state index >= 15 is 0 Å². The molecule has 0 unspecified atom stereocenters. The van der Waals surface area contributed by atoms with Crippen LogP contribution in [0.25, 0.3) is 0 Å². The molecule has 0 fully saturated rings. The lowest BCUT2D eigenvalue weighted by Crippen LogP contribution is -2.14. The van der Waals surface area contributed by atoms with Crippen molar-refractivity contribution in [3.63, 3.8) is 0 Å². The highest BCUT2D eigenvalue weighted by Crippen LogP contribution is 2.27. The van der Waals surface area contributed by atoms with Gasteiger partial charge in [-0.1, -0.05) is 18.2 Å². The smallest absolute Gasteiger partial charge is 0.258 e. The fourth-order valence-corrected chi connectivity index (χ4v) is 2.31. The zero-order valence-electron chi connectivity index (χ0n) is 14.3. The Morgan fingerprint density at radius 1 is 1.08 bits per heavy atom. The van der Waals surface area contributed by atoms with Crippen LogP contribution in [-0.4, -0.2) is 23.0 Å². The van der Waals surface area contributed by atoms with Gasteiger partial charge in [0.25, 0.3) is 5.91 Å². The minimum Gasteiger partial charge on any atom is -0.495 e. The fraction of sp³-hybridized carbons (Fsp3) is 0.105. The molecule has 3 aromatic rings. The van der Waals surface area contributed by atoms with Crippen LogP contribution in [0.1, 0.15) is 15.9 Å². The number of hydrogen-bond donors (Lipinski definition) is 2. The Labute approximate surface area is 150 Å². The number of aryl methyl sites for hydroxylation is 1. The molecule has 3 rings (SSSR count). The van der Waals surface area contributed by atoms with Crippen molar-refractivity contribution in [1.82, 2.24) is 9.97 Å². The second-order valence-corrected chi connectivity index (χ2v) is 5.56. The highest BCUT2D eigenvalue weighted by molar-refractivity contribution is 6.03. The molecule has 7 heteroatoms. The molecule has 0 aliphatic rings. The molecule has 0 aliphatic carbocycles. The van der Waals surface area contributed by atoms with Gasteiger partial charge in [0.15, 0.2) is 0 Å². The first-order valence-corrected chi connectivity index (χ1v) is 7.86. The Bertz CT molecular complexity index is 929. The number of methoxy groups -OCH3 is 1. The summed E-state index contributed by atoms with van der Waals surface area (Å²) in [5.74, 6) is -0.0294. The molecule has 6 nitrogen and oxygen atoms in total. The van der Waals surface area contributed by atoms with Crippen LogP contribution in [0, 0.1) is 12.7 Å². The van der Waals surface area contributed by atoms with Gasteiger partial charge in [-0.15, -0.1) is 0 Å². The number of aromatic nitrogens is 2. The van der Waals surface area contributed by atoms with Crippen LogP contribution in [0.5, 0.6) is 5.75 Å². The van der Waals surface area contributed by atoms with Crippen molar-refractivity contribution in [2.24, 2.45) is 0 Å². The maximum Gasteiger partial charge on any atom is 0.258 e. The van der Waals surface area contributed by atoms with Crippen LogP contribution >= 0.6 is 0 Å². The monoisotopic (exact) mass is 352 g/mol. The molecular weight excluding hydrogens is 335 g/mol. The van der Waals surface area contributed by atoms with E-state index < -0.39 is 11.7 Å². The molecule has 2 aromatic carbocycles. The maximum absolute atomic E-state index is 13.6. The standard InChI is InChI=1S/C19H17FN4O2/c1-12-7-8-17(26-2)16(9-12)24-19-21-10-13(11-22-19)18(25)23-15-6-4-3-5-14(15)20/h3-11H,1-2H3,(H,23,25)(H,21,22,24). The number of halogens is 1. The number of nitrogens with zero attached hydrogens (tertiary/aromatic N) is 2. The SMILES string of the molecule is COc1ccc(C)cc1Nc1ncc(C(=O)Nc2ccccc2F)cn1. The molecular formula is C19H17FN4O2. The van der Waals surface area contributed by atoms with Gasteiger partial charge in [-0.2, -0.15) is 0 Å². The van der Waals surface area contributed by atoms with E-state index in [2.05, 4.69) is 20.6 Å². The van der Waals surface area contributed by atoms with Crippen LogP contribution in [0.3, 0.4) is 0 Å². The van der Waals surface area contributed by atoms with Crippen LogP contribution in [0.15, 0.2) is 54.9 Å². The third-order valence-electron chi connectivity index (χ3n) is 3.64. The summed E-state index contributed by atoms with van der Waals surface area (Å²) in [6.45, 7) is 1.96. The van der Waals surface area contributed by atoms with Gasteiger partial charge in [0.2, 0.25) is 5.95 Å². The highest BCUT2D eigenvalue weighted by atomic mass is 19.1. The van der Waals surface area contributed by atoms with Gasteiger partial charge in [-0.25, -0.2) is 14.4 Å². The first-order chi connectivity index (χ1) is 12.6. The van der Waals surface area contributed by atoms with Gasteiger partial charge in [0, 0.05) is 12.4 Å². The van der Waals surface area contributed by atoms with Crippen LogP contribution in [0.4, 0.5) is 21.7 Å². The Hall–Kier alpha value is -3.48. The molecule has 0 saturated carbocycles. The number of ether oxygens (including phenoxy) is 1. The lowest BCUT2D eigenvalue weighted by molar-refractivity contribution is 0.102. The number of para-hydroxylation sites is 1. The van der Waals surface area contributed by atoms with Gasteiger partial charge < -0.3 is 15.4 Å². The summed E-state index contributed by atoms with van der Waals surface area (Å²) in [6.07, 6.45) is 2.74. The molecule has 26 heavy (non-hydrogen) atoms. The lowest BCUT2D eigenvalue weighted by atomic mass is 10.2. The summed E-state index contributed by atoms with van der Waals surface area (Å²) in [4.78, 5) is 20.4. The number of nitrogens with one attached hydrogen (secondary N) is 2. The van der Waals surface area contributed by atoms with E-state index in [0.29, 0.717) is 11.7 Å². The number of carbonyl (C=O) groups is 1.